The molecule has 0 aromatic carbocycles. The molecule has 0 aliphatic carbocycles. The van der Waals surface area contributed by atoms with Gasteiger partial charge in [0.25, 0.3) is 0 Å². The van der Waals surface area contributed by atoms with E-state index in [2.05, 4.69) is 27.2 Å². The molecule has 3 aromatic rings. The maximum Gasteiger partial charge on any atom is 0.320 e. The Hall–Kier alpha value is -2.84. The van der Waals surface area contributed by atoms with Gasteiger partial charge in [0.2, 0.25) is 0 Å². The maximum absolute atomic E-state index is 12.7. The van der Waals surface area contributed by atoms with Gasteiger partial charge in [0.05, 0.1) is 35.8 Å². The van der Waals surface area contributed by atoms with Crippen LogP contribution < -0.4 is 0 Å². The Labute approximate surface area is 179 Å². The van der Waals surface area contributed by atoms with Gasteiger partial charge in [-0.25, -0.2) is 14.5 Å². The average molecular weight is 427 g/mol. The quantitative estimate of drug-likeness (QED) is 0.682. The summed E-state index contributed by atoms with van der Waals surface area (Å²) in [5.41, 5.74) is 4.73. The SMILES string of the molecule is Cc1nn(-c2cnc3[nH]c(C4=CCN(C(=O)N5CCOCC5)CC4)cc3c2)cc1Cl. The number of halogens is 1. The summed E-state index contributed by atoms with van der Waals surface area (Å²) in [7, 11) is 0. The molecule has 0 unspecified atom stereocenters. The van der Waals surface area contributed by atoms with Crippen molar-refractivity contribution in [3.05, 3.63) is 47.0 Å². The number of carbonyl (C=O) groups is 1. The smallest absolute Gasteiger partial charge is 0.320 e. The number of urea groups is 1. The summed E-state index contributed by atoms with van der Waals surface area (Å²) >= 11 is 6.13. The minimum absolute atomic E-state index is 0.102. The first-order valence-corrected chi connectivity index (χ1v) is 10.5. The van der Waals surface area contributed by atoms with Crippen molar-refractivity contribution in [1.82, 2.24) is 29.5 Å². The highest BCUT2D eigenvalue weighted by atomic mass is 35.5. The summed E-state index contributed by atoms with van der Waals surface area (Å²) in [6, 6.07) is 4.25. The van der Waals surface area contributed by atoms with Gasteiger partial charge in [0.15, 0.2) is 0 Å². The van der Waals surface area contributed by atoms with Gasteiger partial charge in [-0.05, 0) is 31.1 Å². The Bertz CT molecular complexity index is 1110. The predicted octanol–water partition coefficient (Wildman–Crippen LogP) is 3.25. The molecule has 30 heavy (non-hydrogen) atoms. The highest BCUT2D eigenvalue weighted by Gasteiger charge is 2.25. The molecule has 2 aliphatic rings. The number of rotatable bonds is 2. The highest BCUT2D eigenvalue weighted by molar-refractivity contribution is 6.31. The number of hydrogen-bond acceptors (Lipinski definition) is 4. The fraction of sp³-hybridized carbons (Fsp3) is 0.381. The topological polar surface area (TPSA) is 79.3 Å². The lowest BCUT2D eigenvalue weighted by Crippen LogP contribution is -2.49. The van der Waals surface area contributed by atoms with E-state index >= 15 is 0 Å². The minimum Gasteiger partial charge on any atom is -0.378 e. The van der Waals surface area contributed by atoms with Crippen molar-refractivity contribution in [1.29, 1.82) is 0 Å². The normalized spacial score (nSPS) is 17.5. The number of pyridine rings is 1. The van der Waals surface area contributed by atoms with Crippen molar-refractivity contribution in [3.8, 4) is 5.69 Å². The number of fused-ring (bicyclic) bond motifs is 1. The lowest BCUT2D eigenvalue weighted by molar-refractivity contribution is 0.0441. The fourth-order valence-corrected chi connectivity index (χ4v) is 4.05. The molecule has 1 saturated heterocycles. The number of nitrogens with one attached hydrogen (secondary N) is 1. The lowest BCUT2D eigenvalue weighted by Gasteiger charge is -2.34. The first-order valence-electron chi connectivity index (χ1n) is 10.1. The van der Waals surface area contributed by atoms with Crippen LogP contribution in [0.4, 0.5) is 4.79 Å². The van der Waals surface area contributed by atoms with Crippen LogP contribution in [0, 0.1) is 6.92 Å². The molecule has 5 rings (SSSR count). The molecule has 1 fully saturated rings. The molecule has 0 radical (unpaired) electrons. The number of hydrogen-bond donors (Lipinski definition) is 1. The van der Waals surface area contributed by atoms with Crippen molar-refractivity contribution < 1.29 is 9.53 Å². The number of H-pyrrole nitrogens is 1. The number of nitrogens with zero attached hydrogens (tertiary/aromatic N) is 5. The Morgan fingerprint density at radius 2 is 2.03 bits per heavy atom. The molecule has 2 aliphatic heterocycles. The second-order valence-corrected chi connectivity index (χ2v) is 8.04. The number of aromatic nitrogens is 4. The Morgan fingerprint density at radius 1 is 1.20 bits per heavy atom. The maximum atomic E-state index is 12.7. The minimum atomic E-state index is 0.102. The average Bonchev–Trinajstić information content (AvgIpc) is 3.36. The molecule has 1 N–H and O–H groups in total. The van der Waals surface area contributed by atoms with Crippen LogP contribution in [0.3, 0.4) is 0 Å². The van der Waals surface area contributed by atoms with Crippen molar-refractivity contribution in [2.75, 3.05) is 39.4 Å². The first-order chi connectivity index (χ1) is 14.6. The fourth-order valence-electron chi connectivity index (χ4n) is 3.92. The summed E-state index contributed by atoms with van der Waals surface area (Å²) in [6.45, 7) is 5.78. The summed E-state index contributed by atoms with van der Waals surface area (Å²) < 4.78 is 7.08. The number of carbonyl (C=O) groups excluding carboxylic acids is 1. The van der Waals surface area contributed by atoms with E-state index in [1.165, 1.54) is 5.57 Å². The van der Waals surface area contributed by atoms with Crippen molar-refractivity contribution in [3.63, 3.8) is 0 Å². The predicted molar refractivity (Wildman–Crippen MR) is 115 cm³/mol. The number of ether oxygens (including phenoxy) is 1. The molecule has 8 nitrogen and oxygen atoms in total. The van der Waals surface area contributed by atoms with E-state index in [1.54, 1.807) is 17.1 Å². The first kappa shape index (κ1) is 19.1. The van der Waals surface area contributed by atoms with Gasteiger partial charge in [-0.15, -0.1) is 0 Å². The number of aromatic amines is 1. The van der Waals surface area contributed by atoms with Crippen LogP contribution in [0.1, 0.15) is 17.8 Å². The largest absolute Gasteiger partial charge is 0.378 e. The van der Waals surface area contributed by atoms with Gasteiger partial charge in [0, 0.05) is 43.5 Å². The van der Waals surface area contributed by atoms with Crippen LogP contribution in [-0.4, -0.2) is 75.0 Å². The third-order valence-corrected chi connectivity index (χ3v) is 6.04. The molecule has 0 saturated carbocycles. The van der Waals surface area contributed by atoms with Crippen molar-refractivity contribution in [2.45, 2.75) is 13.3 Å². The van der Waals surface area contributed by atoms with Gasteiger partial charge < -0.3 is 19.5 Å². The third kappa shape index (κ3) is 3.57. The Balaban J connectivity index is 1.33. The molecule has 0 spiro atoms. The summed E-state index contributed by atoms with van der Waals surface area (Å²) in [4.78, 5) is 24.4. The van der Waals surface area contributed by atoms with Crippen LogP contribution >= 0.6 is 11.6 Å². The molecule has 5 heterocycles. The van der Waals surface area contributed by atoms with Gasteiger partial charge >= 0.3 is 6.03 Å². The van der Waals surface area contributed by atoms with E-state index in [-0.39, 0.29) is 6.03 Å². The van der Waals surface area contributed by atoms with E-state index in [4.69, 9.17) is 16.3 Å². The zero-order chi connectivity index (χ0) is 20.7. The van der Waals surface area contributed by atoms with Crippen LogP contribution in [0.5, 0.6) is 0 Å². The number of amides is 2. The molecular formula is C21H23ClN6O2. The third-order valence-electron chi connectivity index (χ3n) is 5.67. The summed E-state index contributed by atoms with van der Waals surface area (Å²) in [5, 5.41) is 6.07. The molecule has 3 aromatic heterocycles. The second kappa shape index (κ2) is 7.77. The zero-order valence-electron chi connectivity index (χ0n) is 16.8. The van der Waals surface area contributed by atoms with Gasteiger partial charge in [-0.3, -0.25) is 0 Å². The number of aryl methyl sites for hydroxylation is 1. The Kier molecular flexibility index (Phi) is 4.96. The molecular weight excluding hydrogens is 404 g/mol. The summed E-state index contributed by atoms with van der Waals surface area (Å²) in [6.07, 6.45) is 6.51. The van der Waals surface area contributed by atoms with Gasteiger partial charge in [0.1, 0.15) is 5.65 Å². The second-order valence-electron chi connectivity index (χ2n) is 7.63. The molecule has 0 atom stereocenters. The van der Waals surface area contributed by atoms with E-state index in [0.29, 0.717) is 44.4 Å². The van der Waals surface area contributed by atoms with Gasteiger partial charge in [-0.2, -0.15) is 5.10 Å². The van der Waals surface area contributed by atoms with E-state index in [9.17, 15) is 4.79 Å². The standard InChI is InChI=1S/C21H23ClN6O2/c1-14-18(22)13-28(25-14)17-10-16-11-19(24-20(16)23-12-17)15-2-4-26(5-3-15)21(29)27-6-8-30-9-7-27/h2,10-13H,3-9H2,1H3,(H,23,24). The van der Waals surface area contributed by atoms with Crippen LogP contribution in [0.25, 0.3) is 22.3 Å². The van der Waals surface area contributed by atoms with E-state index in [0.717, 1.165) is 34.5 Å². The van der Waals surface area contributed by atoms with E-state index in [1.807, 2.05) is 22.8 Å². The van der Waals surface area contributed by atoms with E-state index < -0.39 is 0 Å². The molecule has 2 amide bonds. The number of morpholine rings is 1. The monoisotopic (exact) mass is 426 g/mol. The van der Waals surface area contributed by atoms with Crippen molar-refractivity contribution >= 4 is 34.2 Å². The van der Waals surface area contributed by atoms with Crippen LogP contribution in [0.15, 0.2) is 30.6 Å². The highest BCUT2D eigenvalue weighted by Crippen LogP contribution is 2.27. The summed E-state index contributed by atoms with van der Waals surface area (Å²) in [5.74, 6) is 0. The van der Waals surface area contributed by atoms with Gasteiger partial charge in [-0.1, -0.05) is 17.7 Å². The molecule has 0 bridgehead atoms. The zero-order valence-corrected chi connectivity index (χ0v) is 17.5. The molecule has 156 valence electrons. The van der Waals surface area contributed by atoms with Crippen LogP contribution in [0.2, 0.25) is 5.02 Å². The van der Waals surface area contributed by atoms with Crippen LogP contribution in [-0.2, 0) is 4.74 Å². The van der Waals surface area contributed by atoms with Crippen molar-refractivity contribution in [2.24, 2.45) is 0 Å². The lowest BCUT2D eigenvalue weighted by atomic mass is 10.0. The Morgan fingerprint density at radius 3 is 2.73 bits per heavy atom. The molecule has 9 heteroatoms.